The van der Waals surface area contributed by atoms with Crippen LogP contribution in [0.2, 0.25) is 5.02 Å². The lowest BCUT2D eigenvalue weighted by atomic mass is 9.63. The van der Waals surface area contributed by atoms with Crippen molar-refractivity contribution in [3.8, 4) is 23.8 Å². The van der Waals surface area contributed by atoms with Gasteiger partial charge in [-0.05, 0) is 54.7 Å². The Morgan fingerprint density at radius 2 is 1.87 bits per heavy atom. The maximum Gasteiger partial charge on any atom is 0.254 e. The van der Waals surface area contributed by atoms with Crippen LogP contribution in [0.3, 0.4) is 0 Å². The lowest BCUT2D eigenvalue weighted by Crippen LogP contribution is -2.40. The molecule has 2 saturated carbocycles. The van der Waals surface area contributed by atoms with E-state index in [0.29, 0.717) is 40.5 Å². The van der Waals surface area contributed by atoms with E-state index in [0.717, 1.165) is 11.4 Å². The molecule has 30 heavy (non-hydrogen) atoms. The van der Waals surface area contributed by atoms with E-state index in [9.17, 15) is 9.59 Å². The minimum absolute atomic E-state index is 0.0607. The Morgan fingerprint density at radius 1 is 1.20 bits per heavy atom. The largest absolute Gasteiger partial charge is 0.490 e. The third kappa shape index (κ3) is 2.84. The number of amides is 2. The zero-order valence-electron chi connectivity index (χ0n) is 16.5. The zero-order valence-corrected chi connectivity index (χ0v) is 17.2. The number of halogens is 1. The number of nitrogens with zero attached hydrogens (tertiary/aromatic N) is 2. The van der Waals surface area contributed by atoms with Crippen LogP contribution in [0.25, 0.3) is 0 Å². The highest BCUT2D eigenvalue weighted by molar-refractivity contribution is 6.32. The Bertz CT molecular complexity index is 991. The van der Waals surface area contributed by atoms with Crippen LogP contribution in [0.5, 0.6) is 11.5 Å². The van der Waals surface area contributed by atoms with Crippen LogP contribution in [-0.2, 0) is 9.59 Å². The van der Waals surface area contributed by atoms with E-state index in [-0.39, 0.29) is 42.1 Å². The van der Waals surface area contributed by atoms with Crippen LogP contribution >= 0.6 is 11.6 Å². The van der Waals surface area contributed by atoms with Crippen LogP contribution < -0.4 is 9.47 Å². The minimum atomic E-state index is -0.268. The maximum absolute atomic E-state index is 13.0. The topological polar surface area (TPSA) is 68.2 Å². The number of benzene rings is 1. The highest BCUT2D eigenvalue weighted by atomic mass is 35.5. The summed E-state index contributed by atoms with van der Waals surface area (Å²) in [5.74, 6) is 3.71. The molecule has 1 heterocycles. The second-order valence-electron chi connectivity index (χ2n) is 8.14. The van der Waals surface area contributed by atoms with Crippen LogP contribution in [0.15, 0.2) is 29.4 Å². The second kappa shape index (κ2) is 7.17. The molecular formula is C23H21ClN2O4. The molecule has 7 heteroatoms. The summed E-state index contributed by atoms with van der Waals surface area (Å²) in [6.07, 6.45) is 12.1. The normalized spacial score (nSPS) is 32.9. The highest BCUT2D eigenvalue weighted by Crippen LogP contribution is 2.65. The number of hydrogen-bond donors (Lipinski definition) is 0. The summed E-state index contributed by atoms with van der Waals surface area (Å²) >= 11 is 6.33. The molecule has 1 aliphatic heterocycles. The number of hydrogen-bond acceptors (Lipinski definition) is 5. The second-order valence-corrected chi connectivity index (χ2v) is 8.55. The highest BCUT2D eigenvalue weighted by Gasteiger charge is 2.67. The first-order valence-corrected chi connectivity index (χ1v) is 10.6. The lowest BCUT2D eigenvalue weighted by molar-refractivity contribution is -0.140. The van der Waals surface area contributed by atoms with Crippen molar-refractivity contribution in [2.24, 2.45) is 40.6 Å². The molecule has 6 atom stereocenters. The van der Waals surface area contributed by atoms with Crippen LogP contribution in [0.1, 0.15) is 18.9 Å². The summed E-state index contributed by atoms with van der Waals surface area (Å²) in [4.78, 5) is 26.0. The van der Waals surface area contributed by atoms with E-state index in [4.69, 9.17) is 27.5 Å². The Balaban J connectivity index is 1.40. The first-order chi connectivity index (χ1) is 14.5. The molecule has 0 N–H and O–H groups in total. The van der Waals surface area contributed by atoms with Gasteiger partial charge in [0.1, 0.15) is 6.61 Å². The van der Waals surface area contributed by atoms with E-state index < -0.39 is 0 Å². The van der Waals surface area contributed by atoms with Gasteiger partial charge in [-0.25, -0.2) is 0 Å². The molecule has 1 aromatic rings. The molecule has 1 saturated heterocycles. The molecule has 3 fully saturated rings. The molecule has 6 rings (SSSR count). The third-order valence-electron chi connectivity index (χ3n) is 6.59. The zero-order chi connectivity index (χ0) is 21.0. The molecular weight excluding hydrogens is 404 g/mol. The number of allylic oxidation sites excluding steroid dienone is 2. The van der Waals surface area contributed by atoms with Crippen LogP contribution in [0.4, 0.5) is 0 Å². The summed E-state index contributed by atoms with van der Waals surface area (Å²) in [5, 5.41) is 5.60. The van der Waals surface area contributed by atoms with E-state index in [2.05, 4.69) is 23.2 Å². The van der Waals surface area contributed by atoms with E-state index in [1.54, 1.807) is 12.1 Å². The molecule has 0 unspecified atom stereocenters. The van der Waals surface area contributed by atoms with Crippen molar-refractivity contribution in [2.45, 2.75) is 13.3 Å². The summed E-state index contributed by atoms with van der Waals surface area (Å²) in [5.41, 5.74) is 0.593. The maximum atomic E-state index is 13.0. The van der Waals surface area contributed by atoms with Gasteiger partial charge in [0.15, 0.2) is 11.5 Å². The molecule has 154 valence electrons. The van der Waals surface area contributed by atoms with Gasteiger partial charge in [0.05, 0.1) is 29.7 Å². The number of terminal acetylenes is 1. The van der Waals surface area contributed by atoms with Gasteiger partial charge >= 0.3 is 0 Å². The van der Waals surface area contributed by atoms with Crippen LogP contribution in [0, 0.1) is 47.9 Å². The standard InChI is InChI=1S/C23H21ClN2O4/c1-3-7-30-21-17(24)8-12(9-18(21)29-4-2)11-25-26-22(27)19-13-5-6-14(16-10-15(13)16)20(19)23(26)28/h1,5-6,8-9,11,13-16,19-20H,4,7,10H2,2H3/b25-11-/t13-,14-,15-,16+,19-,20+/m0/s1. The Labute approximate surface area is 179 Å². The molecule has 5 aliphatic rings. The van der Waals surface area contributed by atoms with Gasteiger partial charge in [-0.2, -0.15) is 10.1 Å². The predicted octanol–water partition coefficient (Wildman–Crippen LogP) is 3.14. The third-order valence-corrected chi connectivity index (χ3v) is 6.87. The molecule has 0 spiro atoms. The number of hydrazone groups is 1. The van der Waals surface area contributed by atoms with Crippen molar-refractivity contribution in [2.75, 3.05) is 13.2 Å². The summed E-state index contributed by atoms with van der Waals surface area (Å²) < 4.78 is 11.1. The van der Waals surface area contributed by atoms with Crippen molar-refractivity contribution in [3.63, 3.8) is 0 Å². The van der Waals surface area contributed by atoms with Gasteiger partial charge in [0.2, 0.25) is 0 Å². The van der Waals surface area contributed by atoms with Gasteiger partial charge in [0, 0.05) is 0 Å². The Kier molecular flexibility index (Phi) is 4.59. The molecule has 0 radical (unpaired) electrons. The number of carbonyl (C=O) groups is 2. The monoisotopic (exact) mass is 424 g/mol. The Hall–Kier alpha value is -2.78. The van der Waals surface area contributed by atoms with Crippen molar-refractivity contribution < 1.29 is 19.1 Å². The summed E-state index contributed by atoms with van der Waals surface area (Å²) in [6, 6.07) is 3.33. The number of rotatable bonds is 6. The average Bonchev–Trinajstić information content (AvgIpc) is 3.51. The van der Waals surface area contributed by atoms with Gasteiger partial charge in [0.25, 0.3) is 11.8 Å². The molecule has 0 aromatic heterocycles. The predicted molar refractivity (Wildman–Crippen MR) is 111 cm³/mol. The SMILES string of the molecule is C#CCOc1c(Cl)cc(/C=N\N2C(=O)[C@@H]3[C@H]4C=C[C@@H]([C@@H]5C[C@H]45)[C@@H]3C2=O)cc1OCC. The molecule has 1 aromatic carbocycles. The number of carbonyl (C=O) groups excluding carboxylic acids is 2. The summed E-state index contributed by atoms with van der Waals surface area (Å²) in [6.45, 7) is 2.31. The van der Waals surface area contributed by atoms with Crippen molar-refractivity contribution in [1.29, 1.82) is 0 Å². The lowest BCUT2D eigenvalue weighted by Gasteiger charge is -2.37. The fourth-order valence-corrected chi connectivity index (χ4v) is 5.63. The van der Waals surface area contributed by atoms with Crippen molar-refractivity contribution in [3.05, 3.63) is 34.9 Å². The first kappa shape index (κ1) is 19.2. The fraction of sp³-hybridized carbons (Fsp3) is 0.435. The summed E-state index contributed by atoms with van der Waals surface area (Å²) in [7, 11) is 0. The number of imide groups is 1. The minimum Gasteiger partial charge on any atom is -0.490 e. The quantitative estimate of drug-likeness (QED) is 0.304. The molecule has 2 amide bonds. The van der Waals surface area contributed by atoms with Gasteiger partial charge in [-0.15, -0.1) is 6.42 Å². The first-order valence-electron chi connectivity index (χ1n) is 10.2. The van der Waals surface area contributed by atoms with Gasteiger partial charge in [-0.1, -0.05) is 29.7 Å². The molecule has 4 aliphatic carbocycles. The fourth-order valence-electron chi connectivity index (χ4n) is 5.36. The van der Waals surface area contributed by atoms with Crippen molar-refractivity contribution >= 4 is 29.6 Å². The molecule has 2 bridgehead atoms. The van der Waals surface area contributed by atoms with E-state index in [1.807, 2.05) is 6.92 Å². The van der Waals surface area contributed by atoms with Gasteiger partial charge < -0.3 is 9.47 Å². The number of ether oxygens (including phenoxy) is 2. The van der Waals surface area contributed by atoms with Crippen molar-refractivity contribution in [1.82, 2.24) is 5.01 Å². The smallest absolute Gasteiger partial charge is 0.254 e. The van der Waals surface area contributed by atoms with E-state index >= 15 is 0 Å². The average molecular weight is 425 g/mol. The molecule has 6 nitrogen and oxygen atoms in total. The van der Waals surface area contributed by atoms with E-state index in [1.165, 1.54) is 6.21 Å². The van der Waals surface area contributed by atoms with Crippen LogP contribution in [-0.4, -0.2) is 36.3 Å². The van der Waals surface area contributed by atoms with Gasteiger partial charge in [-0.3, -0.25) is 9.59 Å². The Morgan fingerprint density at radius 3 is 2.47 bits per heavy atom.